The largest absolute Gasteiger partial charge is 0.493 e. The molecule has 2 aliphatic heterocycles. The van der Waals surface area contributed by atoms with Gasteiger partial charge in [-0.15, -0.1) is 0 Å². The topological polar surface area (TPSA) is 75.6 Å². The van der Waals surface area contributed by atoms with Crippen LogP contribution in [-0.2, 0) is 9.47 Å². The quantitative estimate of drug-likeness (QED) is 0.796. The molecule has 4 rings (SSSR count). The molecule has 0 saturated carbocycles. The fourth-order valence-electron chi connectivity index (χ4n) is 4.31. The molecule has 7 heteroatoms. The predicted molar refractivity (Wildman–Crippen MR) is 105 cm³/mol. The van der Waals surface area contributed by atoms with Crippen LogP contribution in [0.4, 0.5) is 0 Å². The predicted octanol–water partition coefficient (Wildman–Crippen LogP) is 2.91. The average molecular weight is 402 g/mol. The van der Waals surface area contributed by atoms with Crippen molar-refractivity contribution >= 4 is 0 Å². The van der Waals surface area contributed by atoms with Crippen LogP contribution in [0.2, 0.25) is 0 Å². The minimum absolute atomic E-state index is 0.176. The lowest BCUT2D eigenvalue weighted by atomic mass is 9.81. The van der Waals surface area contributed by atoms with Gasteiger partial charge < -0.3 is 33.5 Å². The lowest BCUT2D eigenvalue weighted by Crippen LogP contribution is -2.39. The Kier molecular flexibility index (Phi) is 5.29. The molecule has 0 amide bonds. The van der Waals surface area contributed by atoms with Crippen molar-refractivity contribution in [1.29, 1.82) is 0 Å². The van der Waals surface area contributed by atoms with Gasteiger partial charge in [-0.25, -0.2) is 0 Å². The summed E-state index contributed by atoms with van der Waals surface area (Å²) in [4.78, 5) is 0. The Labute approximate surface area is 170 Å². The van der Waals surface area contributed by atoms with Crippen LogP contribution in [0, 0.1) is 5.92 Å². The van der Waals surface area contributed by atoms with Gasteiger partial charge in [-0.05, 0) is 35.4 Å². The smallest absolute Gasteiger partial charge is 0.161 e. The fraction of sp³-hybridized carbons (Fsp3) is 0.455. The Bertz CT molecular complexity index is 883. The van der Waals surface area contributed by atoms with Crippen molar-refractivity contribution < 1.29 is 33.5 Å². The molecular weight excluding hydrogens is 376 g/mol. The SMILES string of the molecule is COc1ccc([C@@H]2OC[C@]3(O)[C@H](c4ccc(OC)c(OC)c4)OC[C@@H]23)cc1OC. The molecule has 2 aromatic carbocycles. The normalized spacial score (nSPS) is 28.1. The Morgan fingerprint density at radius 2 is 1.34 bits per heavy atom. The summed E-state index contributed by atoms with van der Waals surface area (Å²) in [7, 11) is 6.37. The van der Waals surface area contributed by atoms with E-state index in [0.29, 0.717) is 29.6 Å². The highest BCUT2D eigenvalue weighted by molar-refractivity contribution is 5.46. The molecule has 0 aliphatic carbocycles. The number of fused-ring (bicyclic) bond motifs is 1. The number of hydrogen-bond acceptors (Lipinski definition) is 7. The van der Waals surface area contributed by atoms with E-state index in [1.165, 1.54) is 0 Å². The maximum absolute atomic E-state index is 11.5. The number of hydrogen-bond donors (Lipinski definition) is 1. The average Bonchev–Trinajstić information content (AvgIpc) is 3.27. The molecule has 0 aromatic heterocycles. The molecule has 0 radical (unpaired) electrons. The van der Waals surface area contributed by atoms with Gasteiger partial charge in [0, 0.05) is 5.92 Å². The van der Waals surface area contributed by atoms with Crippen LogP contribution >= 0.6 is 0 Å². The van der Waals surface area contributed by atoms with Gasteiger partial charge in [0.05, 0.1) is 47.8 Å². The first kappa shape index (κ1) is 19.8. The second-order valence-electron chi connectivity index (χ2n) is 7.27. The molecule has 2 heterocycles. The third kappa shape index (κ3) is 3.19. The summed E-state index contributed by atoms with van der Waals surface area (Å²) in [6, 6.07) is 11.2. The first-order valence-electron chi connectivity index (χ1n) is 9.45. The molecule has 0 bridgehead atoms. The number of methoxy groups -OCH3 is 4. The molecule has 156 valence electrons. The van der Waals surface area contributed by atoms with Gasteiger partial charge in [-0.1, -0.05) is 12.1 Å². The molecule has 2 aromatic rings. The van der Waals surface area contributed by atoms with Crippen molar-refractivity contribution in [2.24, 2.45) is 5.92 Å². The van der Waals surface area contributed by atoms with Crippen LogP contribution in [0.5, 0.6) is 23.0 Å². The highest BCUT2D eigenvalue weighted by Gasteiger charge is 2.59. The third-order valence-corrected chi connectivity index (χ3v) is 5.84. The van der Waals surface area contributed by atoms with Gasteiger partial charge >= 0.3 is 0 Å². The second kappa shape index (κ2) is 7.74. The van der Waals surface area contributed by atoms with E-state index in [-0.39, 0.29) is 18.6 Å². The minimum atomic E-state index is -1.14. The van der Waals surface area contributed by atoms with E-state index >= 15 is 0 Å². The lowest BCUT2D eigenvalue weighted by Gasteiger charge is -2.27. The minimum Gasteiger partial charge on any atom is -0.493 e. The van der Waals surface area contributed by atoms with E-state index in [1.807, 2.05) is 36.4 Å². The Hall–Kier alpha value is -2.48. The van der Waals surface area contributed by atoms with Gasteiger partial charge in [-0.2, -0.15) is 0 Å². The summed E-state index contributed by atoms with van der Waals surface area (Å²) < 4.78 is 33.5. The summed E-state index contributed by atoms with van der Waals surface area (Å²) in [5.41, 5.74) is 0.599. The van der Waals surface area contributed by atoms with E-state index in [0.717, 1.165) is 11.1 Å². The number of aliphatic hydroxyl groups is 1. The summed E-state index contributed by atoms with van der Waals surface area (Å²) in [5.74, 6) is 2.29. The van der Waals surface area contributed by atoms with Gasteiger partial charge in [-0.3, -0.25) is 0 Å². The van der Waals surface area contributed by atoms with E-state index in [9.17, 15) is 5.11 Å². The van der Waals surface area contributed by atoms with Crippen molar-refractivity contribution in [3.63, 3.8) is 0 Å². The Morgan fingerprint density at radius 1 is 0.793 bits per heavy atom. The maximum atomic E-state index is 11.5. The van der Waals surface area contributed by atoms with Crippen LogP contribution in [0.15, 0.2) is 36.4 Å². The number of rotatable bonds is 6. The molecule has 29 heavy (non-hydrogen) atoms. The van der Waals surface area contributed by atoms with Crippen LogP contribution in [0.25, 0.3) is 0 Å². The number of ether oxygens (including phenoxy) is 6. The summed E-state index contributed by atoms with van der Waals surface area (Å²) in [6.07, 6.45) is -0.817. The van der Waals surface area contributed by atoms with Gasteiger partial charge in [0.1, 0.15) is 11.7 Å². The second-order valence-corrected chi connectivity index (χ2v) is 7.27. The van der Waals surface area contributed by atoms with Crippen LogP contribution in [-0.4, -0.2) is 52.4 Å². The monoisotopic (exact) mass is 402 g/mol. The van der Waals surface area contributed by atoms with Gasteiger partial charge in [0.15, 0.2) is 23.0 Å². The fourth-order valence-corrected chi connectivity index (χ4v) is 4.31. The first-order chi connectivity index (χ1) is 14.0. The zero-order valence-electron chi connectivity index (χ0n) is 17.0. The maximum Gasteiger partial charge on any atom is 0.161 e. The van der Waals surface area contributed by atoms with Crippen LogP contribution in [0.1, 0.15) is 23.3 Å². The highest BCUT2D eigenvalue weighted by Crippen LogP contribution is 2.54. The van der Waals surface area contributed by atoms with Gasteiger partial charge in [0.25, 0.3) is 0 Å². The lowest BCUT2D eigenvalue weighted by molar-refractivity contribution is -0.0628. The zero-order valence-corrected chi connectivity index (χ0v) is 17.0. The molecule has 4 atom stereocenters. The summed E-state index contributed by atoms with van der Waals surface area (Å²) in [6.45, 7) is 0.560. The van der Waals surface area contributed by atoms with Crippen molar-refractivity contribution in [2.45, 2.75) is 17.8 Å². The Balaban J connectivity index is 1.63. The van der Waals surface area contributed by atoms with E-state index < -0.39 is 11.7 Å². The molecule has 7 nitrogen and oxygen atoms in total. The first-order valence-corrected chi connectivity index (χ1v) is 9.45. The molecule has 2 saturated heterocycles. The van der Waals surface area contributed by atoms with Crippen LogP contribution in [0.3, 0.4) is 0 Å². The van der Waals surface area contributed by atoms with E-state index in [1.54, 1.807) is 28.4 Å². The molecule has 0 spiro atoms. The van der Waals surface area contributed by atoms with Crippen molar-refractivity contribution in [1.82, 2.24) is 0 Å². The third-order valence-electron chi connectivity index (χ3n) is 5.84. The number of benzene rings is 2. The van der Waals surface area contributed by atoms with Crippen molar-refractivity contribution in [2.75, 3.05) is 41.7 Å². The van der Waals surface area contributed by atoms with Crippen molar-refractivity contribution in [3.05, 3.63) is 47.5 Å². The standard InChI is InChI=1S/C22H26O7/c1-24-16-7-5-13(9-18(16)26-3)20-15-11-28-21(22(15,23)12-29-20)14-6-8-17(25-2)19(10-14)27-4/h5-10,15,20-21,23H,11-12H2,1-4H3/t15-,20-,21-,22+/m0/s1. The molecular formula is C22H26O7. The van der Waals surface area contributed by atoms with E-state index in [4.69, 9.17) is 28.4 Å². The van der Waals surface area contributed by atoms with Gasteiger partial charge in [0.2, 0.25) is 0 Å². The molecule has 0 unspecified atom stereocenters. The zero-order chi connectivity index (χ0) is 20.6. The highest BCUT2D eigenvalue weighted by atomic mass is 16.6. The van der Waals surface area contributed by atoms with Crippen LogP contribution < -0.4 is 18.9 Å². The molecule has 2 aliphatic rings. The van der Waals surface area contributed by atoms with E-state index in [2.05, 4.69) is 0 Å². The van der Waals surface area contributed by atoms with Crippen molar-refractivity contribution in [3.8, 4) is 23.0 Å². The summed E-state index contributed by atoms with van der Waals surface area (Å²) >= 11 is 0. The summed E-state index contributed by atoms with van der Waals surface area (Å²) in [5, 5.41) is 11.5. The molecule has 2 fully saturated rings. The molecule has 1 N–H and O–H groups in total. The Morgan fingerprint density at radius 3 is 1.93 bits per heavy atom.